The van der Waals surface area contributed by atoms with Gasteiger partial charge in [0.05, 0.1) is 24.3 Å². The number of rotatable bonds is 4. The van der Waals surface area contributed by atoms with E-state index in [9.17, 15) is 9.90 Å². The molecule has 0 bridgehead atoms. The molecule has 0 atom stereocenters. The van der Waals surface area contributed by atoms with E-state index in [1.54, 1.807) is 20.3 Å². The number of halogens is 1. The van der Waals surface area contributed by atoms with Crippen molar-refractivity contribution in [3.8, 4) is 0 Å². The van der Waals surface area contributed by atoms with E-state index in [0.717, 1.165) is 3.57 Å². The van der Waals surface area contributed by atoms with Gasteiger partial charge < -0.3 is 19.5 Å². The molecule has 1 N–H and O–H groups in total. The van der Waals surface area contributed by atoms with Crippen molar-refractivity contribution >= 4 is 34.2 Å². The maximum Gasteiger partial charge on any atom is 0.337 e. The molecule has 1 aromatic carbocycles. The number of hydrogen-bond acceptors (Lipinski definition) is 4. The van der Waals surface area contributed by atoms with Crippen LogP contribution in [0.2, 0.25) is 0 Å². The first-order valence-corrected chi connectivity index (χ1v) is 6.47. The molecule has 0 aliphatic carbocycles. The van der Waals surface area contributed by atoms with Gasteiger partial charge >= 0.3 is 5.97 Å². The third kappa shape index (κ3) is 2.32. The number of nitrogens with zero attached hydrogens (tertiary/aromatic N) is 1. The fourth-order valence-electron chi connectivity index (χ4n) is 2.00. The van der Waals surface area contributed by atoms with Crippen LogP contribution < -0.4 is 4.90 Å². The Morgan fingerprint density at radius 2 is 2.00 bits per heavy atom. The minimum absolute atomic E-state index is 0.308. The molecule has 0 unspecified atom stereocenters. The summed E-state index contributed by atoms with van der Waals surface area (Å²) in [5, 5.41) is 9.21. The SMILES string of the molecule is COC1(OC)CN(c2ccc(I)cc2C(=O)O)C1. The lowest BCUT2D eigenvalue weighted by molar-refractivity contribution is -0.219. The average molecular weight is 363 g/mol. The Kier molecular flexibility index (Phi) is 3.79. The van der Waals surface area contributed by atoms with Gasteiger partial charge in [-0.3, -0.25) is 0 Å². The molecular formula is C12H14INO4. The highest BCUT2D eigenvalue weighted by atomic mass is 127. The Labute approximate surface area is 119 Å². The summed E-state index contributed by atoms with van der Waals surface area (Å²) in [4.78, 5) is 13.2. The fraction of sp³-hybridized carbons (Fsp3) is 0.417. The second kappa shape index (κ2) is 5.02. The number of anilines is 1. The molecule has 18 heavy (non-hydrogen) atoms. The molecule has 1 aliphatic rings. The number of carboxylic acids is 1. The van der Waals surface area contributed by atoms with Crippen LogP contribution in [0.5, 0.6) is 0 Å². The summed E-state index contributed by atoms with van der Waals surface area (Å²) in [7, 11) is 3.18. The molecule has 98 valence electrons. The minimum atomic E-state index is -0.921. The van der Waals surface area contributed by atoms with Crippen LogP contribution in [0.1, 0.15) is 10.4 Å². The summed E-state index contributed by atoms with van der Waals surface area (Å²) in [5.74, 6) is -1.53. The highest BCUT2D eigenvalue weighted by Crippen LogP contribution is 2.33. The van der Waals surface area contributed by atoms with Crippen molar-refractivity contribution in [2.24, 2.45) is 0 Å². The van der Waals surface area contributed by atoms with Gasteiger partial charge in [-0.15, -0.1) is 0 Å². The van der Waals surface area contributed by atoms with E-state index in [4.69, 9.17) is 9.47 Å². The molecule has 1 heterocycles. The van der Waals surface area contributed by atoms with Crippen molar-refractivity contribution in [2.45, 2.75) is 5.79 Å². The van der Waals surface area contributed by atoms with Gasteiger partial charge in [0, 0.05) is 17.8 Å². The van der Waals surface area contributed by atoms with Crippen molar-refractivity contribution < 1.29 is 19.4 Å². The predicted octanol–water partition coefficient (Wildman–Crippen LogP) is 1.80. The zero-order chi connectivity index (χ0) is 13.3. The summed E-state index contributed by atoms with van der Waals surface area (Å²) in [6, 6.07) is 5.38. The highest BCUT2D eigenvalue weighted by molar-refractivity contribution is 14.1. The minimum Gasteiger partial charge on any atom is -0.478 e. The van der Waals surface area contributed by atoms with Crippen LogP contribution in [-0.2, 0) is 9.47 Å². The molecule has 1 saturated heterocycles. The molecule has 0 saturated carbocycles. The molecule has 0 spiro atoms. The van der Waals surface area contributed by atoms with Gasteiger partial charge in [0.25, 0.3) is 0 Å². The predicted molar refractivity (Wildman–Crippen MR) is 75.1 cm³/mol. The van der Waals surface area contributed by atoms with Crippen molar-refractivity contribution in [2.75, 3.05) is 32.2 Å². The maximum absolute atomic E-state index is 11.2. The molecule has 1 aromatic rings. The Morgan fingerprint density at radius 3 is 2.50 bits per heavy atom. The molecule has 5 nitrogen and oxygen atoms in total. The smallest absolute Gasteiger partial charge is 0.337 e. The van der Waals surface area contributed by atoms with E-state index in [1.807, 2.05) is 17.0 Å². The summed E-state index contributed by atoms with van der Waals surface area (Å²) in [6.07, 6.45) is 0. The van der Waals surface area contributed by atoms with E-state index in [1.165, 1.54) is 0 Å². The van der Waals surface area contributed by atoms with Crippen LogP contribution in [0.4, 0.5) is 5.69 Å². The Morgan fingerprint density at radius 1 is 1.39 bits per heavy atom. The number of benzene rings is 1. The number of methoxy groups -OCH3 is 2. The van der Waals surface area contributed by atoms with Gasteiger partial charge in [0.15, 0.2) is 0 Å². The third-order valence-corrected chi connectivity index (χ3v) is 3.81. The van der Waals surface area contributed by atoms with E-state index < -0.39 is 11.8 Å². The molecule has 1 fully saturated rings. The van der Waals surface area contributed by atoms with Gasteiger partial charge in [0.1, 0.15) is 0 Å². The normalized spacial score (nSPS) is 17.4. The van der Waals surface area contributed by atoms with Crippen molar-refractivity contribution in [3.63, 3.8) is 0 Å². The van der Waals surface area contributed by atoms with E-state index >= 15 is 0 Å². The number of hydrogen-bond donors (Lipinski definition) is 1. The zero-order valence-electron chi connectivity index (χ0n) is 10.1. The van der Waals surface area contributed by atoms with Crippen LogP contribution in [0, 0.1) is 3.57 Å². The number of ether oxygens (including phenoxy) is 2. The fourth-order valence-corrected chi connectivity index (χ4v) is 2.49. The number of aromatic carboxylic acids is 1. The third-order valence-electron chi connectivity index (χ3n) is 3.14. The summed E-state index contributed by atoms with van der Waals surface area (Å²) in [5.41, 5.74) is 1.01. The molecular weight excluding hydrogens is 349 g/mol. The summed E-state index contributed by atoms with van der Waals surface area (Å²) in [6.45, 7) is 1.06. The maximum atomic E-state index is 11.2. The highest BCUT2D eigenvalue weighted by Gasteiger charge is 2.44. The van der Waals surface area contributed by atoms with Crippen LogP contribution >= 0.6 is 22.6 Å². The van der Waals surface area contributed by atoms with Gasteiger partial charge in [-0.2, -0.15) is 0 Å². The average Bonchev–Trinajstić information content (AvgIpc) is 2.30. The van der Waals surface area contributed by atoms with E-state index in [-0.39, 0.29) is 0 Å². The first-order chi connectivity index (χ1) is 8.51. The standard InChI is InChI=1S/C12H14INO4/c1-17-12(18-2)6-14(7-12)10-4-3-8(13)5-9(10)11(15)16/h3-5H,6-7H2,1-2H3,(H,15,16). The summed E-state index contributed by atoms with van der Waals surface area (Å²) < 4.78 is 11.5. The molecule has 1 aliphatic heterocycles. The Hall–Kier alpha value is -0.860. The lowest BCUT2D eigenvalue weighted by Gasteiger charge is -2.49. The van der Waals surface area contributed by atoms with Crippen LogP contribution in [0.3, 0.4) is 0 Å². The van der Waals surface area contributed by atoms with Crippen molar-refractivity contribution in [3.05, 3.63) is 27.3 Å². The molecule has 6 heteroatoms. The Balaban J connectivity index is 2.24. The first-order valence-electron chi connectivity index (χ1n) is 5.39. The quantitative estimate of drug-likeness (QED) is 0.653. The monoisotopic (exact) mass is 363 g/mol. The van der Waals surface area contributed by atoms with Gasteiger partial charge in [0.2, 0.25) is 5.79 Å². The number of carboxylic acid groups (broad SMARTS) is 1. The zero-order valence-corrected chi connectivity index (χ0v) is 12.3. The molecule has 2 rings (SSSR count). The molecule has 0 radical (unpaired) electrons. The second-order valence-corrected chi connectivity index (χ2v) is 5.39. The number of carbonyl (C=O) groups is 1. The van der Waals surface area contributed by atoms with Crippen molar-refractivity contribution in [1.29, 1.82) is 0 Å². The van der Waals surface area contributed by atoms with E-state index in [2.05, 4.69) is 22.6 Å². The Bertz CT molecular complexity index is 465. The second-order valence-electron chi connectivity index (χ2n) is 4.14. The van der Waals surface area contributed by atoms with Crippen molar-refractivity contribution in [1.82, 2.24) is 0 Å². The molecule has 0 aromatic heterocycles. The summed E-state index contributed by atoms with van der Waals surface area (Å²) >= 11 is 2.10. The largest absolute Gasteiger partial charge is 0.478 e. The van der Waals surface area contributed by atoms with E-state index in [0.29, 0.717) is 24.3 Å². The van der Waals surface area contributed by atoms with Crippen LogP contribution in [0.15, 0.2) is 18.2 Å². The lowest BCUT2D eigenvalue weighted by atomic mass is 10.0. The van der Waals surface area contributed by atoms with Gasteiger partial charge in [-0.25, -0.2) is 4.79 Å². The lowest BCUT2D eigenvalue weighted by Crippen LogP contribution is -2.64. The molecule has 0 amide bonds. The van der Waals surface area contributed by atoms with Crippen LogP contribution in [-0.4, -0.2) is 44.2 Å². The topological polar surface area (TPSA) is 59.0 Å². The van der Waals surface area contributed by atoms with Gasteiger partial charge in [-0.05, 0) is 40.8 Å². The van der Waals surface area contributed by atoms with Crippen LogP contribution in [0.25, 0.3) is 0 Å². The van der Waals surface area contributed by atoms with Gasteiger partial charge in [-0.1, -0.05) is 0 Å². The first kappa shape index (κ1) is 13.6.